The number of rotatable bonds is 2. The minimum Gasteiger partial charge on any atom is -0.492 e. The third-order valence-corrected chi connectivity index (χ3v) is 4.88. The molecule has 0 radical (unpaired) electrons. The number of Topliss-reactive ketones (excluding diaryl/α,β-unsaturated/α-hetero) is 2. The number of hydrogen-bond acceptors (Lipinski definition) is 6. The number of fused-ring (bicyclic) bond motifs is 1. The van der Waals surface area contributed by atoms with Gasteiger partial charge in [-0.25, -0.2) is 0 Å². The van der Waals surface area contributed by atoms with Crippen LogP contribution >= 0.6 is 0 Å². The van der Waals surface area contributed by atoms with Gasteiger partial charge < -0.3 is 20.3 Å². The van der Waals surface area contributed by atoms with Gasteiger partial charge in [-0.1, -0.05) is 0 Å². The molecule has 0 aromatic carbocycles. The number of piperazine rings is 1. The SMILES string of the molecule is COC1=C(C)C(=O)C2=C(C1=O)[C@H](CN)N1C(=O)CN(C)C(=O)[C@@H]1C2. The third-order valence-electron chi connectivity index (χ3n) is 4.88. The molecule has 3 rings (SSSR count). The molecule has 2 amide bonds. The van der Waals surface area contributed by atoms with E-state index < -0.39 is 17.9 Å². The number of methoxy groups -OCH3 is 1. The van der Waals surface area contributed by atoms with E-state index in [2.05, 4.69) is 0 Å². The number of hydrogen-bond donors (Lipinski definition) is 1. The summed E-state index contributed by atoms with van der Waals surface area (Å²) >= 11 is 0. The van der Waals surface area contributed by atoms with Crippen LogP contribution in [0, 0.1) is 0 Å². The van der Waals surface area contributed by atoms with Crippen LogP contribution in [0.3, 0.4) is 0 Å². The van der Waals surface area contributed by atoms with Gasteiger partial charge in [0.25, 0.3) is 0 Å². The van der Waals surface area contributed by atoms with Gasteiger partial charge in [0, 0.05) is 36.7 Å². The molecule has 2 heterocycles. The summed E-state index contributed by atoms with van der Waals surface area (Å²) in [4.78, 5) is 53.0. The largest absolute Gasteiger partial charge is 0.492 e. The number of nitrogens with zero attached hydrogens (tertiary/aromatic N) is 2. The Bertz CT molecular complexity index is 736. The van der Waals surface area contributed by atoms with E-state index in [1.807, 2.05) is 0 Å². The molecule has 1 aliphatic carbocycles. The molecule has 2 aliphatic heterocycles. The highest BCUT2D eigenvalue weighted by atomic mass is 16.5. The Hall–Kier alpha value is -2.48. The molecular weight excluding hydrogens is 314 g/mol. The maximum atomic E-state index is 12.8. The Labute approximate surface area is 138 Å². The molecule has 3 aliphatic rings. The molecule has 0 aromatic rings. The zero-order valence-corrected chi connectivity index (χ0v) is 13.8. The van der Waals surface area contributed by atoms with E-state index in [-0.39, 0.29) is 59.6 Å². The second-order valence-corrected chi connectivity index (χ2v) is 6.18. The Kier molecular flexibility index (Phi) is 3.79. The second kappa shape index (κ2) is 5.55. The lowest BCUT2D eigenvalue weighted by Crippen LogP contribution is -2.66. The fraction of sp³-hybridized carbons (Fsp3) is 0.500. The van der Waals surface area contributed by atoms with E-state index in [0.29, 0.717) is 0 Å². The van der Waals surface area contributed by atoms with Crippen molar-refractivity contribution in [1.82, 2.24) is 9.80 Å². The molecule has 0 unspecified atom stereocenters. The van der Waals surface area contributed by atoms with Gasteiger partial charge in [0.15, 0.2) is 11.5 Å². The van der Waals surface area contributed by atoms with Crippen LogP contribution in [0.5, 0.6) is 0 Å². The lowest BCUT2D eigenvalue weighted by atomic mass is 9.77. The van der Waals surface area contributed by atoms with E-state index in [1.54, 1.807) is 7.05 Å². The van der Waals surface area contributed by atoms with Gasteiger partial charge in [0.05, 0.1) is 19.7 Å². The van der Waals surface area contributed by atoms with E-state index in [4.69, 9.17) is 10.5 Å². The smallest absolute Gasteiger partial charge is 0.245 e. The van der Waals surface area contributed by atoms with Gasteiger partial charge in [-0.3, -0.25) is 19.2 Å². The van der Waals surface area contributed by atoms with Crippen molar-refractivity contribution in [3.05, 3.63) is 22.5 Å². The molecule has 1 fully saturated rings. The second-order valence-electron chi connectivity index (χ2n) is 6.18. The Morgan fingerprint density at radius 1 is 1.21 bits per heavy atom. The van der Waals surface area contributed by atoms with Crippen molar-refractivity contribution in [2.75, 3.05) is 27.2 Å². The molecule has 0 aromatic heterocycles. The lowest BCUT2D eigenvalue weighted by molar-refractivity contribution is -0.157. The first-order valence-corrected chi connectivity index (χ1v) is 7.67. The number of ketones is 2. The summed E-state index contributed by atoms with van der Waals surface area (Å²) in [6, 6.07) is -1.59. The quantitative estimate of drug-likeness (QED) is 0.633. The number of allylic oxidation sites excluding steroid dienone is 2. The summed E-state index contributed by atoms with van der Waals surface area (Å²) in [6.45, 7) is 1.41. The number of amides is 2. The molecular formula is C16H19N3O5. The molecule has 0 spiro atoms. The van der Waals surface area contributed by atoms with E-state index in [0.717, 1.165) is 0 Å². The van der Waals surface area contributed by atoms with Crippen LogP contribution in [-0.2, 0) is 23.9 Å². The van der Waals surface area contributed by atoms with Crippen molar-refractivity contribution in [1.29, 1.82) is 0 Å². The summed E-state index contributed by atoms with van der Waals surface area (Å²) in [5, 5.41) is 0. The minimum absolute atomic E-state index is 0.0245. The minimum atomic E-state index is -0.794. The maximum Gasteiger partial charge on any atom is 0.245 e. The molecule has 0 saturated carbocycles. The molecule has 1 saturated heterocycles. The Morgan fingerprint density at radius 2 is 1.88 bits per heavy atom. The van der Waals surface area contributed by atoms with Crippen LogP contribution in [0.25, 0.3) is 0 Å². The maximum absolute atomic E-state index is 12.8. The fourth-order valence-electron chi connectivity index (χ4n) is 3.73. The number of carbonyl (C=O) groups excluding carboxylic acids is 4. The van der Waals surface area contributed by atoms with Crippen LogP contribution in [0.1, 0.15) is 13.3 Å². The first-order valence-electron chi connectivity index (χ1n) is 7.67. The van der Waals surface area contributed by atoms with Crippen molar-refractivity contribution >= 4 is 23.4 Å². The highest BCUT2D eigenvalue weighted by Crippen LogP contribution is 2.38. The normalized spacial score (nSPS) is 27.7. The van der Waals surface area contributed by atoms with Crippen LogP contribution < -0.4 is 5.73 Å². The van der Waals surface area contributed by atoms with Crippen molar-refractivity contribution in [2.24, 2.45) is 5.73 Å². The standard InChI is InChI=1S/C16H19N3O5/c1-7-13(21)8-4-9-16(23)18(2)6-11(20)19(9)10(5-17)12(8)14(22)15(7)24-3/h9-10H,4-6,17H2,1-3H3/t9-,10-/m0/s1. The van der Waals surface area contributed by atoms with Gasteiger partial charge in [-0.05, 0) is 6.92 Å². The highest BCUT2D eigenvalue weighted by molar-refractivity contribution is 6.25. The Morgan fingerprint density at radius 3 is 2.46 bits per heavy atom. The van der Waals surface area contributed by atoms with Crippen LogP contribution in [0.2, 0.25) is 0 Å². The topological polar surface area (TPSA) is 110 Å². The van der Waals surface area contributed by atoms with Crippen molar-refractivity contribution in [2.45, 2.75) is 25.4 Å². The summed E-state index contributed by atoms with van der Waals surface area (Å²) in [5.41, 5.74) is 6.49. The summed E-state index contributed by atoms with van der Waals surface area (Å²) < 4.78 is 5.08. The van der Waals surface area contributed by atoms with Crippen LogP contribution in [0.4, 0.5) is 0 Å². The fourth-order valence-corrected chi connectivity index (χ4v) is 3.73. The summed E-state index contributed by atoms with van der Waals surface area (Å²) in [6.07, 6.45) is 0.0274. The molecule has 8 nitrogen and oxygen atoms in total. The third kappa shape index (κ3) is 2.02. The number of nitrogens with two attached hydrogens (primary N) is 1. The van der Waals surface area contributed by atoms with Crippen LogP contribution in [0.15, 0.2) is 22.5 Å². The molecule has 128 valence electrons. The molecule has 2 N–H and O–H groups in total. The zero-order valence-electron chi connectivity index (χ0n) is 13.8. The number of likely N-dealkylation sites (N-methyl/N-ethyl adjacent to an activating group) is 1. The van der Waals surface area contributed by atoms with Crippen LogP contribution in [-0.4, -0.2) is 72.5 Å². The highest BCUT2D eigenvalue weighted by Gasteiger charge is 2.50. The van der Waals surface area contributed by atoms with E-state index in [9.17, 15) is 19.2 Å². The molecule has 24 heavy (non-hydrogen) atoms. The van der Waals surface area contributed by atoms with Gasteiger partial charge in [0.2, 0.25) is 17.6 Å². The Balaban J connectivity index is 2.15. The van der Waals surface area contributed by atoms with Crippen molar-refractivity contribution in [3.63, 3.8) is 0 Å². The monoisotopic (exact) mass is 333 g/mol. The molecule has 2 atom stereocenters. The summed E-state index contributed by atoms with van der Waals surface area (Å²) in [7, 11) is 2.87. The van der Waals surface area contributed by atoms with E-state index in [1.165, 1.54) is 23.8 Å². The molecule has 0 bridgehead atoms. The van der Waals surface area contributed by atoms with Gasteiger partial charge >= 0.3 is 0 Å². The first kappa shape index (κ1) is 16.4. The average molecular weight is 333 g/mol. The summed E-state index contributed by atoms with van der Waals surface area (Å²) in [5.74, 6) is -1.32. The average Bonchev–Trinajstić information content (AvgIpc) is 2.56. The number of carbonyl (C=O) groups is 4. The zero-order chi connectivity index (χ0) is 17.8. The molecule has 8 heteroatoms. The van der Waals surface area contributed by atoms with Crippen molar-refractivity contribution in [3.8, 4) is 0 Å². The first-order chi connectivity index (χ1) is 11.3. The van der Waals surface area contributed by atoms with Gasteiger partial charge in [0.1, 0.15) is 6.04 Å². The predicted octanol–water partition coefficient (Wildman–Crippen LogP) is -1.24. The van der Waals surface area contributed by atoms with Gasteiger partial charge in [-0.15, -0.1) is 0 Å². The van der Waals surface area contributed by atoms with E-state index >= 15 is 0 Å². The predicted molar refractivity (Wildman–Crippen MR) is 82.5 cm³/mol. The van der Waals surface area contributed by atoms with Gasteiger partial charge in [-0.2, -0.15) is 0 Å². The number of ether oxygens (including phenoxy) is 1. The van der Waals surface area contributed by atoms with Crippen molar-refractivity contribution < 1.29 is 23.9 Å². The lowest BCUT2D eigenvalue weighted by Gasteiger charge is -2.47.